The SMILES string of the molecule is Cc1cc(-c2ccccc2[N+](=O)[O-])cc2ccoc12. The number of aryl methyl sites for hydroxylation is 1. The third kappa shape index (κ3) is 1.87. The lowest BCUT2D eigenvalue weighted by molar-refractivity contribution is -0.384. The van der Waals surface area contributed by atoms with Gasteiger partial charge >= 0.3 is 0 Å². The van der Waals surface area contributed by atoms with Gasteiger partial charge in [0.2, 0.25) is 0 Å². The Bertz CT molecular complexity index is 774. The fourth-order valence-corrected chi connectivity index (χ4v) is 2.29. The summed E-state index contributed by atoms with van der Waals surface area (Å²) >= 11 is 0. The number of nitro groups is 1. The molecule has 0 aliphatic heterocycles. The summed E-state index contributed by atoms with van der Waals surface area (Å²) in [4.78, 5) is 10.7. The Kier molecular flexibility index (Phi) is 2.56. The van der Waals surface area contributed by atoms with E-state index in [0.29, 0.717) is 5.56 Å². The van der Waals surface area contributed by atoms with Crippen LogP contribution in [-0.4, -0.2) is 4.92 Å². The van der Waals surface area contributed by atoms with E-state index in [-0.39, 0.29) is 10.6 Å². The first-order chi connectivity index (χ1) is 9.16. The average molecular weight is 253 g/mol. The Labute approximate surface area is 109 Å². The quantitative estimate of drug-likeness (QED) is 0.505. The maximum atomic E-state index is 11.1. The van der Waals surface area contributed by atoms with Crippen LogP contribution in [0.1, 0.15) is 5.56 Å². The van der Waals surface area contributed by atoms with Crippen molar-refractivity contribution in [1.29, 1.82) is 0 Å². The number of rotatable bonds is 2. The van der Waals surface area contributed by atoms with Gasteiger partial charge in [-0.05, 0) is 42.3 Å². The standard InChI is InChI=1S/C15H11NO3/c1-10-8-12(9-11-6-7-19-15(10)11)13-4-2-3-5-14(13)16(17)18/h2-9H,1H3. The molecule has 1 aromatic heterocycles. The molecule has 0 bridgehead atoms. The number of hydrogen-bond acceptors (Lipinski definition) is 3. The number of furan rings is 1. The third-order valence-corrected chi connectivity index (χ3v) is 3.15. The van der Waals surface area contributed by atoms with Gasteiger partial charge in [-0.1, -0.05) is 12.1 Å². The highest BCUT2D eigenvalue weighted by molar-refractivity contribution is 5.88. The van der Waals surface area contributed by atoms with Gasteiger partial charge in [0.1, 0.15) is 5.58 Å². The van der Waals surface area contributed by atoms with Gasteiger partial charge in [-0.3, -0.25) is 10.1 Å². The van der Waals surface area contributed by atoms with Crippen molar-refractivity contribution in [3.05, 3.63) is 64.4 Å². The van der Waals surface area contributed by atoms with Gasteiger partial charge < -0.3 is 4.42 Å². The van der Waals surface area contributed by atoms with Crippen LogP contribution in [0.15, 0.2) is 53.1 Å². The molecule has 2 aromatic carbocycles. The minimum absolute atomic E-state index is 0.116. The molecule has 0 aliphatic rings. The molecule has 4 nitrogen and oxygen atoms in total. The van der Waals surface area contributed by atoms with Crippen LogP contribution in [0, 0.1) is 17.0 Å². The predicted octanol–water partition coefficient (Wildman–Crippen LogP) is 4.32. The van der Waals surface area contributed by atoms with Gasteiger partial charge in [0.15, 0.2) is 0 Å². The molecular formula is C15H11NO3. The first-order valence-corrected chi connectivity index (χ1v) is 5.88. The van der Waals surface area contributed by atoms with Crippen LogP contribution in [0.3, 0.4) is 0 Å². The zero-order chi connectivity index (χ0) is 13.4. The minimum atomic E-state index is -0.357. The Morgan fingerprint density at radius 1 is 1.16 bits per heavy atom. The summed E-state index contributed by atoms with van der Waals surface area (Å²) in [6, 6.07) is 12.4. The summed E-state index contributed by atoms with van der Waals surface area (Å²) < 4.78 is 5.38. The third-order valence-electron chi connectivity index (χ3n) is 3.15. The second-order valence-electron chi connectivity index (χ2n) is 4.41. The summed E-state index contributed by atoms with van der Waals surface area (Å²) in [5.74, 6) is 0. The first-order valence-electron chi connectivity index (χ1n) is 5.88. The molecule has 94 valence electrons. The van der Waals surface area contributed by atoms with E-state index >= 15 is 0 Å². The molecule has 0 unspecified atom stereocenters. The van der Waals surface area contributed by atoms with Gasteiger partial charge in [0.05, 0.1) is 16.7 Å². The van der Waals surface area contributed by atoms with E-state index in [9.17, 15) is 10.1 Å². The minimum Gasteiger partial charge on any atom is -0.464 e. The van der Waals surface area contributed by atoms with E-state index in [2.05, 4.69) is 0 Å². The summed E-state index contributed by atoms with van der Waals surface area (Å²) in [7, 11) is 0. The Morgan fingerprint density at radius 3 is 2.74 bits per heavy atom. The summed E-state index contributed by atoms with van der Waals surface area (Å²) in [6.07, 6.45) is 1.63. The molecule has 0 amide bonds. The highest BCUT2D eigenvalue weighted by Crippen LogP contribution is 2.33. The molecule has 0 radical (unpaired) electrons. The van der Waals surface area contributed by atoms with Crippen molar-refractivity contribution in [2.75, 3.05) is 0 Å². The number of nitro benzene ring substituents is 1. The molecule has 3 rings (SSSR count). The average Bonchev–Trinajstić information content (AvgIpc) is 2.87. The highest BCUT2D eigenvalue weighted by Gasteiger charge is 2.15. The Hall–Kier alpha value is -2.62. The van der Waals surface area contributed by atoms with E-state index in [1.165, 1.54) is 6.07 Å². The van der Waals surface area contributed by atoms with Crippen molar-refractivity contribution in [3.8, 4) is 11.1 Å². The van der Waals surface area contributed by atoms with Gasteiger partial charge in [0, 0.05) is 11.5 Å². The summed E-state index contributed by atoms with van der Waals surface area (Å²) in [6.45, 7) is 1.93. The molecule has 0 fully saturated rings. The molecule has 3 aromatic rings. The fraction of sp³-hybridized carbons (Fsp3) is 0.0667. The Balaban J connectivity index is 2.27. The van der Waals surface area contributed by atoms with Crippen LogP contribution in [0.4, 0.5) is 5.69 Å². The molecule has 1 heterocycles. The van der Waals surface area contributed by atoms with Crippen LogP contribution >= 0.6 is 0 Å². The molecule has 0 atom stereocenters. The van der Waals surface area contributed by atoms with E-state index in [0.717, 1.165) is 22.1 Å². The topological polar surface area (TPSA) is 56.3 Å². The van der Waals surface area contributed by atoms with Crippen LogP contribution in [0.2, 0.25) is 0 Å². The summed E-state index contributed by atoms with van der Waals surface area (Å²) in [5, 5.41) is 12.0. The van der Waals surface area contributed by atoms with E-state index in [1.54, 1.807) is 24.5 Å². The lowest BCUT2D eigenvalue weighted by Crippen LogP contribution is -1.91. The molecule has 0 N–H and O–H groups in total. The van der Waals surface area contributed by atoms with E-state index in [1.807, 2.05) is 25.1 Å². The molecule has 19 heavy (non-hydrogen) atoms. The lowest BCUT2D eigenvalue weighted by atomic mass is 10.00. The van der Waals surface area contributed by atoms with Crippen molar-refractivity contribution in [3.63, 3.8) is 0 Å². The van der Waals surface area contributed by atoms with Crippen molar-refractivity contribution in [1.82, 2.24) is 0 Å². The summed E-state index contributed by atoms with van der Waals surface area (Å²) in [5.41, 5.74) is 3.36. The lowest BCUT2D eigenvalue weighted by Gasteiger charge is -2.05. The van der Waals surface area contributed by atoms with E-state index in [4.69, 9.17) is 4.42 Å². The molecule has 0 saturated heterocycles. The number of benzene rings is 2. The van der Waals surface area contributed by atoms with Crippen LogP contribution in [-0.2, 0) is 0 Å². The first kappa shape index (κ1) is 11.5. The highest BCUT2D eigenvalue weighted by atomic mass is 16.6. The largest absolute Gasteiger partial charge is 0.464 e. The fourth-order valence-electron chi connectivity index (χ4n) is 2.29. The number of hydrogen-bond donors (Lipinski definition) is 0. The van der Waals surface area contributed by atoms with Gasteiger partial charge in [0.25, 0.3) is 5.69 Å². The smallest absolute Gasteiger partial charge is 0.277 e. The molecule has 0 aliphatic carbocycles. The zero-order valence-electron chi connectivity index (χ0n) is 10.3. The monoisotopic (exact) mass is 253 g/mol. The van der Waals surface area contributed by atoms with Gasteiger partial charge in [-0.2, -0.15) is 0 Å². The van der Waals surface area contributed by atoms with Crippen molar-refractivity contribution in [2.24, 2.45) is 0 Å². The maximum Gasteiger partial charge on any atom is 0.277 e. The molecule has 0 spiro atoms. The number of nitrogens with zero attached hydrogens (tertiary/aromatic N) is 1. The maximum absolute atomic E-state index is 11.1. The molecule has 0 saturated carbocycles. The van der Waals surface area contributed by atoms with Crippen LogP contribution in [0.25, 0.3) is 22.1 Å². The van der Waals surface area contributed by atoms with Crippen molar-refractivity contribution < 1.29 is 9.34 Å². The second kappa shape index (κ2) is 4.24. The molecule has 4 heteroatoms. The normalized spacial score (nSPS) is 10.8. The van der Waals surface area contributed by atoms with E-state index < -0.39 is 0 Å². The van der Waals surface area contributed by atoms with Crippen LogP contribution in [0.5, 0.6) is 0 Å². The van der Waals surface area contributed by atoms with Gasteiger partial charge in [-0.25, -0.2) is 0 Å². The second-order valence-corrected chi connectivity index (χ2v) is 4.41. The van der Waals surface area contributed by atoms with Crippen molar-refractivity contribution in [2.45, 2.75) is 6.92 Å². The zero-order valence-corrected chi connectivity index (χ0v) is 10.3. The predicted molar refractivity (Wildman–Crippen MR) is 73.0 cm³/mol. The number of fused-ring (bicyclic) bond motifs is 1. The van der Waals surface area contributed by atoms with Crippen molar-refractivity contribution >= 4 is 16.7 Å². The number of para-hydroxylation sites is 1. The van der Waals surface area contributed by atoms with Crippen LogP contribution < -0.4 is 0 Å². The van der Waals surface area contributed by atoms with Gasteiger partial charge in [-0.15, -0.1) is 0 Å². The Morgan fingerprint density at radius 2 is 1.95 bits per heavy atom. The molecular weight excluding hydrogens is 242 g/mol.